The number of rotatable bonds is 4. The van der Waals surface area contributed by atoms with Crippen molar-refractivity contribution in [2.24, 2.45) is 5.73 Å². The van der Waals surface area contributed by atoms with Crippen LogP contribution in [-0.2, 0) is 9.59 Å². The molecule has 0 aliphatic heterocycles. The molecule has 8 nitrogen and oxygen atoms in total. The minimum absolute atomic E-state index is 0. The maximum absolute atomic E-state index is 9.86. The fourth-order valence-corrected chi connectivity index (χ4v) is 0.391. The molecule has 0 saturated carbocycles. The van der Waals surface area contributed by atoms with Crippen molar-refractivity contribution in [1.82, 2.24) is 0 Å². The largest absolute Gasteiger partial charge is 2.00 e. The summed E-state index contributed by atoms with van der Waals surface area (Å²) in [5, 5.41) is 19.6. The van der Waals surface area contributed by atoms with Crippen LogP contribution in [-0.4, -0.2) is 72.1 Å². The SMILES string of the molecule is N[C@@H](CCC(=O)[O-])C(=O)[O-].O.O.O.[Ca+2]. The van der Waals surface area contributed by atoms with Gasteiger partial charge in [-0.05, 0) is 12.8 Å². The van der Waals surface area contributed by atoms with Crippen molar-refractivity contribution in [3.63, 3.8) is 0 Å². The van der Waals surface area contributed by atoms with Gasteiger partial charge in [-0.15, -0.1) is 0 Å². The first-order chi connectivity index (χ1) is 4.54. The van der Waals surface area contributed by atoms with Crippen molar-refractivity contribution in [2.75, 3.05) is 0 Å². The van der Waals surface area contributed by atoms with Crippen LogP contribution in [0.5, 0.6) is 0 Å². The first-order valence-electron chi connectivity index (χ1n) is 2.70. The average Bonchev–Trinajstić information content (AvgIpc) is 1.82. The van der Waals surface area contributed by atoms with E-state index >= 15 is 0 Å². The van der Waals surface area contributed by atoms with Crippen LogP contribution in [0, 0.1) is 0 Å². The van der Waals surface area contributed by atoms with Crippen molar-refractivity contribution in [1.29, 1.82) is 0 Å². The predicted octanol–water partition coefficient (Wildman–Crippen LogP) is -6.26. The van der Waals surface area contributed by atoms with Crippen LogP contribution in [0.15, 0.2) is 0 Å². The molecule has 0 unspecified atom stereocenters. The Bertz CT molecular complexity index is 153. The van der Waals surface area contributed by atoms with Crippen molar-refractivity contribution >= 4 is 49.7 Å². The molecule has 0 amide bonds. The zero-order valence-electron chi connectivity index (χ0n) is 7.41. The molecule has 0 aromatic carbocycles. The topological polar surface area (TPSA) is 201 Å². The van der Waals surface area contributed by atoms with Crippen LogP contribution < -0.4 is 15.9 Å². The van der Waals surface area contributed by atoms with Crippen molar-refractivity contribution in [3.05, 3.63) is 0 Å². The van der Waals surface area contributed by atoms with Crippen molar-refractivity contribution in [3.8, 4) is 0 Å². The minimum atomic E-state index is -1.44. The third-order valence-corrected chi connectivity index (χ3v) is 0.962. The van der Waals surface area contributed by atoms with Gasteiger partial charge in [0.25, 0.3) is 0 Å². The first kappa shape index (κ1) is 29.2. The van der Waals surface area contributed by atoms with Gasteiger partial charge in [0.05, 0.1) is 5.97 Å². The molecule has 0 aliphatic rings. The molecule has 0 heterocycles. The van der Waals surface area contributed by atoms with E-state index in [4.69, 9.17) is 5.73 Å². The zero-order valence-corrected chi connectivity index (χ0v) is 9.62. The minimum Gasteiger partial charge on any atom is -0.550 e. The van der Waals surface area contributed by atoms with Crippen molar-refractivity contribution in [2.45, 2.75) is 18.9 Å². The Hall–Kier alpha value is 0.0397. The summed E-state index contributed by atoms with van der Waals surface area (Å²) in [6.45, 7) is 0. The molecule has 9 heteroatoms. The molecule has 0 radical (unpaired) electrons. The van der Waals surface area contributed by atoms with Gasteiger partial charge in [0.1, 0.15) is 0 Å². The number of nitrogens with two attached hydrogens (primary N) is 1. The molecular formula is C5H13CaNO7. The van der Waals surface area contributed by atoms with Gasteiger partial charge in [-0.2, -0.15) is 0 Å². The normalized spacial score (nSPS) is 8.93. The zero-order chi connectivity index (χ0) is 8.15. The van der Waals surface area contributed by atoms with Gasteiger partial charge in [-0.1, -0.05) is 0 Å². The standard InChI is InChI=1S/C5H9NO4.Ca.3H2O/c6-3(5(9)10)1-2-4(7)8;;;;/h3H,1-2,6H2,(H,7,8)(H,9,10);;3*1H2/q;+2;;;/p-2/t3-;;;;/m0..../s1. The maximum atomic E-state index is 9.86. The molecule has 0 saturated heterocycles. The number of hydrogen-bond acceptors (Lipinski definition) is 5. The molecule has 0 spiro atoms. The van der Waals surface area contributed by atoms with Crippen molar-refractivity contribution < 1.29 is 36.2 Å². The van der Waals surface area contributed by atoms with Gasteiger partial charge < -0.3 is 42.0 Å². The number of carboxylic acids is 2. The number of carboxylic acid groups (broad SMARTS) is 2. The Kier molecular flexibility index (Phi) is 32.4. The summed E-state index contributed by atoms with van der Waals surface area (Å²) in [6, 6.07) is -1.21. The molecule has 0 aliphatic carbocycles. The molecule has 8 N–H and O–H groups in total. The summed E-state index contributed by atoms with van der Waals surface area (Å²) in [7, 11) is 0. The second-order valence-corrected chi connectivity index (χ2v) is 1.84. The van der Waals surface area contributed by atoms with Gasteiger partial charge in [0, 0.05) is 12.0 Å². The molecular weight excluding hydrogens is 226 g/mol. The second-order valence-electron chi connectivity index (χ2n) is 1.84. The molecule has 0 bridgehead atoms. The molecule has 14 heavy (non-hydrogen) atoms. The second kappa shape index (κ2) is 15.5. The van der Waals surface area contributed by atoms with Crippen LogP contribution in [0.4, 0.5) is 0 Å². The Balaban J connectivity index is -0.0000000675. The third-order valence-electron chi connectivity index (χ3n) is 0.962. The smallest absolute Gasteiger partial charge is 0.550 e. The molecule has 0 rings (SSSR count). The van der Waals surface area contributed by atoms with E-state index in [9.17, 15) is 19.8 Å². The fraction of sp³-hybridized carbons (Fsp3) is 0.600. The average molecular weight is 239 g/mol. The fourth-order valence-electron chi connectivity index (χ4n) is 0.391. The summed E-state index contributed by atoms with van der Waals surface area (Å²) < 4.78 is 0. The first-order valence-corrected chi connectivity index (χ1v) is 2.70. The van der Waals surface area contributed by atoms with Crippen LogP contribution in [0.3, 0.4) is 0 Å². The molecule has 0 fully saturated rings. The van der Waals surface area contributed by atoms with E-state index in [1.807, 2.05) is 0 Å². The predicted molar refractivity (Wildman–Crippen MR) is 43.8 cm³/mol. The summed E-state index contributed by atoms with van der Waals surface area (Å²) in [5.41, 5.74) is 4.91. The maximum Gasteiger partial charge on any atom is 2.00 e. The number of aliphatic carboxylic acids is 2. The van der Waals surface area contributed by atoms with Crippen LogP contribution in [0.25, 0.3) is 0 Å². The van der Waals surface area contributed by atoms with Crippen LogP contribution in [0.2, 0.25) is 0 Å². The van der Waals surface area contributed by atoms with E-state index in [-0.39, 0.29) is 67.0 Å². The number of carbonyl (C=O) groups is 2. The van der Waals surface area contributed by atoms with Gasteiger partial charge in [0.2, 0.25) is 0 Å². The Morgan fingerprint density at radius 2 is 1.50 bits per heavy atom. The van der Waals surface area contributed by atoms with E-state index in [1.165, 1.54) is 0 Å². The van der Waals surface area contributed by atoms with Crippen LogP contribution in [0.1, 0.15) is 12.8 Å². The molecule has 1 atom stereocenters. The van der Waals surface area contributed by atoms with Gasteiger partial charge in [-0.3, -0.25) is 0 Å². The summed E-state index contributed by atoms with van der Waals surface area (Å²) in [5.74, 6) is -2.75. The van der Waals surface area contributed by atoms with E-state index in [2.05, 4.69) is 0 Å². The van der Waals surface area contributed by atoms with E-state index in [0.717, 1.165) is 0 Å². The van der Waals surface area contributed by atoms with Crippen LogP contribution >= 0.6 is 0 Å². The Morgan fingerprint density at radius 3 is 1.71 bits per heavy atom. The molecule has 82 valence electrons. The Labute approximate surface area is 110 Å². The number of carbonyl (C=O) groups excluding carboxylic acids is 2. The Morgan fingerprint density at radius 1 is 1.14 bits per heavy atom. The third kappa shape index (κ3) is 18.0. The number of hydrogen-bond donors (Lipinski definition) is 1. The molecule has 0 aromatic rings. The van der Waals surface area contributed by atoms with Gasteiger partial charge >= 0.3 is 37.7 Å². The van der Waals surface area contributed by atoms with Gasteiger partial charge in [-0.25, -0.2) is 0 Å². The summed E-state index contributed by atoms with van der Waals surface area (Å²) in [6.07, 6.45) is -0.500. The molecule has 0 aromatic heterocycles. The van der Waals surface area contributed by atoms with E-state index in [1.54, 1.807) is 0 Å². The monoisotopic (exact) mass is 239 g/mol. The van der Waals surface area contributed by atoms with E-state index < -0.39 is 18.0 Å². The van der Waals surface area contributed by atoms with Gasteiger partial charge in [0.15, 0.2) is 0 Å². The summed E-state index contributed by atoms with van der Waals surface area (Å²) in [4.78, 5) is 19.6. The quantitative estimate of drug-likeness (QED) is 0.474. The summed E-state index contributed by atoms with van der Waals surface area (Å²) >= 11 is 0. The van der Waals surface area contributed by atoms with E-state index in [0.29, 0.717) is 0 Å².